The summed E-state index contributed by atoms with van der Waals surface area (Å²) in [6.07, 6.45) is 0. The Balaban J connectivity index is 0.000000111. The van der Waals surface area contributed by atoms with E-state index in [4.69, 9.17) is 8.83 Å². The summed E-state index contributed by atoms with van der Waals surface area (Å²) in [7, 11) is 0. The van der Waals surface area contributed by atoms with Gasteiger partial charge in [0, 0.05) is 148 Å². The molecule has 0 amide bonds. The third-order valence-corrected chi connectivity index (χ3v) is 27.4. The van der Waals surface area contributed by atoms with Crippen molar-refractivity contribution in [3.8, 4) is 50.4 Å². The van der Waals surface area contributed by atoms with Gasteiger partial charge in [-0.2, -0.15) is 0 Å². The fourth-order valence-electron chi connectivity index (χ4n) is 20.4. The number of aromatic nitrogens is 3. The Bertz CT molecular complexity index is 8750. The van der Waals surface area contributed by atoms with Gasteiger partial charge in [0.15, 0.2) is 0 Å². The summed E-state index contributed by atoms with van der Waals surface area (Å²) in [6.45, 7) is 0. The number of anilines is 9. The molecule has 0 unspecified atom stereocenters. The van der Waals surface area contributed by atoms with Crippen molar-refractivity contribution in [1.29, 1.82) is 0 Å². The number of hydrogen-bond acceptors (Lipinski definition) is 6. The van der Waals surface area contributed by atoms with Crippen molar-refractivity contribution < 1.29 is 8.83 Å². The van der Waals surface area contributed by atoms with Crippen molar-refractivity contribution >= 4 is 192 Å². The standard InChI is InChI=1S/2C42H28N2O.C42H28N2S.CH4/c1-4-14-29(15-5-1)33-25-26-36-34-20-10-12-22-38(34)44(31-18-8-3-9-19-31)42(36)41(33)43(30-16-6-2-7-17-30)32-24-27-40-37(28-32)35-21-11-13-23-39(35)45-40;2*1-4-14-29(15-5-1)33-26-27-37-34-20-10-12-22-38(34)44(31-18-8-3-9-19-31)42(37)41(33)43(30-16-6-2-7-17-30)32-24-25-36-35-21-11-13-23-39(35)45-40(36)28-32;/h3*1-28H;1H4. The molecule has 27 rings (SSSR count). The maximum absolute atomic E-state index is 6.43. The molecule has 0 N–H and O–H groups in total. The van der Waals surface area contributed by atoms with Crippen LogP contribution in [0.4, 0.5) is 51.2 Å². The van der Waals surface area contributed by atoms with E-state index in [1.54, 1.807) is 0 Å². The number of hydrogen-bond donors (Lipinski definition) is 0. The van der Waals surface area contributed by atoms with Crippen LogP contribution in [0.25, 0.3) is 180 Å². The molecule has 0 saturated heterocycles. The maximum atomic E-state index is 6.43. The van der Waals surface area contributed by atoms with Gasteiger partial charge in [0.2, 0.25) is 0 Å². The van der Waals surface area contributed by atoms with Crippen LogP contribution in [0.15, 0.2) is 518 Å². The van der Waals surface area contributed by atoms with E-state index in [9.17, 15) is 0 Å². The molecule has 27 aromatic rings. The van der Waals surface area contributed by atoms with Crippen LogP contribution >= 0.6 is 11.3 Å². The van der Waals surface area contributed by atoms with Crippen molar-refractivity contribution in [3.05, 3.63) is 510 Å². The van der Waals surface area contributed by atoms with Crippen LogP contribution in [-0.2, 0) is 0 Å². The van der Waals surface area contributed by atoms with E-state index >= 15 is 0 Å². The zero-order valence-electron chi connectivity index (χ0n) is 73.4. The lowest BCUT2D eigenvalue weighted by molar-refractivity contribution is 0.668. The lowest BCUT2D eigenvalue weighted by atomic mass is 9.98. The smallest absolute Gasteiger partial charge is 0.137 e. The van der Waals surface area contributed by atoms with Crippen LogP contribution in [-0.4, -0.2) is 13.7 Å². The van der Waals surface area contributed by atoms with Crippen LogP contribution in [0.1, 0.15) is 7.43 Å². The second-order valence-electron chi connectivity index (χ2n) is 34.1. The highest BCUT2D eigenvalue weighted by Gasteiger charge is 2.31. The monoisotopic (exact) mass is 1760 g/mol. The van der Waals surface area contributed by atoms with Gasteiger partial charge in [-0.3, -0.25) is 0 Å². The second kappa shape index (κ2) is 34.8. The molecule has 136 heavy (non-hydrogen) atoms. The Labute approximate surface area is 791 Å². The molecule has 0 saturated carbocycles. The summed E-state index contributed by atoms with van der Waals surface area (Å²) >= 11 is 1.86. The predicted molar refractivity (Wildman–Crippen MR) is 577 cm³/mol. The number of fused-ring (bicyclic) bond motifs is 18. The first-order chi connectivity index (χ1) is 67.0. The van der Waals surface area contributed by atoms with Gasteiger partial charge < -0.3 is 37.2 Å². The molecule has 6 aromatic heterocycles. The minimum absolute atomic E-state index is 0. The highest BCUT2D eigenvalue weighted by molar-refractivity contribution is 7.25. The molecule has 0 aliphatic heterocycles. The normalized spacial score (nSPS) is 11.5. The zero-order chi connectivity index (χ0) is 89.2. The Kier molecular flexibility index (Phi) is 20.9. The molecule has 0 radical (unpaired) electrons. The van der Waals surface area contributed by atoms with Gasteiger partial charge in [-0.25, -0.2) is 0 Å². The Morgan fingerprint density at radius 2 is 0.449 bits per heavy atom. The number of thiophene rings is 1. The summed E-state index contributed by atoms with van der Waals surface area (Å²) in [5, 5.41) is 14.4. The molecule has 6 heterocycles. The van der Waals surface area contributed by atoms with Crippen molar-refractivity contribution in [2.45, 2.75) is 7.43 Å². The summed E-state index contributed by atoms with van der Waals surface area (Å²) in [5.41, 5.74) is 30.8. The molecule has 0 fully saturated rings. The van der Waals surface area contributed by atoms with E-state index in [1.807, 2.05) is 35.6 Å². The summed E-state index contributed by atoms with van der Waals surface area (Å²) in [6, 6.07) is 182. The molecular formula is C127H88N6O2S. The largest absolute Gasteiger partial charge is 0.456 e. The van der Waals surface area contributed by atoms with E-state index in [0.29, 0.717) is 0 Å². The van der Waals surface area contributed by atoms with Crippen molar-refractivity contribution in [3.63, 3.8) is 0 Å². The highest BCUT2D eigenvalue weighted by atomic mass is 32.1. The minimum Gasteiger partial charge on any atom is -0.456 e. The number of para-hydroxylation sites is 11. The van der Waals surface area contributed by atoms with Gasteiger partial charge in [0.25, 0.3) is 0 Å². The van der Waals surface area contributed by atoms with Crippen LogP contribution in [0.2, 0.25) is 0 Å². The molecule has 8 nitrogen and oxygen atoms in total. The third-order valence-electron chi connectivity index (χ3n) is 26.3. The summed E-state index contributed by atoms with van der Waals surface area (Å²) in [5.74, 6) is 0. The van der Waals surface area contributed by atoms with Gasteiger partial charge in [-0.1, -0.05) is 359 Å². The predicted octanol–water partition coefficient (Wildman–Crippen LogP) is 36.6. The first-order valence-electron chi connectivity index (χ1n) is 45.9. The SMILES string of the molecule is C.c1ccc(-c2ccc3c4ccccc4n(-c4ccccc4)c3c2N(c2ccccc2)c2ccc3c(c2)oc2ccccc23)cc1.c1ccc(-c2ccc3c4ccccc4n(-c4ccccc4)c3c2N(c2ccccc2)c2ccc3c(c2)sc2ccccc23)cc1.c1ccc(-c2ccc3c4ccccc4n(-c4ccccc4)c3c2N(c2ccccc2)c2ccc3oc4ccccc4c3c2)cc1. The molecule has 0 aliphatic rings. The fraction of sp³-hybridized carbons (Fsp3) is 0.00787. The average Bonchev–Trinajstić information content (AvgIpc) is 1.57. The van der Waals surface area contributed by atoms with Gasteiger partial charge >= 0.3 is 0 Å². The molecule has 0 bridgehead atoms. The Morgan fingerprint density at radius 1 is 0.176 bits per heavy atom. The maximum Gasteiger partial charge on any atom is 0.137 e. The average molecular weight is 1760 g/mol. The topological polar surface area (TPSA) is 50.8 Å². The Hall–Kier alpha value is -17.8. The number of furan rings is 2. The van der Waals surface area contributed by atoms with Gasteiger partial charge in [0.05, 0.1) is 50.2 Å². The van der Waals surface area contributed by atoms with Crippen LogP contribution in [0.3, 0.4) is 0 Å². The molecule has 0 aliphatic carbocycles. The van der Waals surface area contributed by atoms with E-state index in [0.717, 1.165) is 145 Å². The molecule has 21 aromatic carbocycles. The lowest BCUT2D eigenvalue weighted by Gasteiger charge is -2.29. The van der Waals surface area contributed by atoms with Gasteiger partial charge in [-0.15, -0.1) is 11.3 Å². The lowest BCUT2D eigenvalue weighted by Crippen LogP contribution is -2.13. The summed E-state index contributed by atoms with van der Waals surface area (Å²) < 4.78 is 22.6. The van der Waals surface area contributed by atoms with Gasteiger partial charge in [-0.05, 0) is 168 Å². The Morgan fingerprint density at radius 3 is 0.853 bits per heavy atom. The van der Waals surface area contributed by atoms with E-state index < -0.39 is 0 Å². The van der Waals surface area contributed by atoms with E-state index in [1.165, 1.54) is 85.7 Å². The molecule has 644 valence electrons. The second-order valence-corrected chi connectivity index (χ2v) is 35.2. The molecule has 0 spiro atoms. The first-order valence-corrected chi connectivity index (χ1v) is 46.7. The molecule has 9 heteroatoms. The fourth-order valence-corrected chi connectivity index (χ4v) is 21.5. The van der Waals surface area contributed by atoms with E-state index in [-0.39, 0.29) is 7.43 Å². The third kappa shape index (κ3) is 14.2. The van der Waals surface area contributed by atoms with Crippen LogP contribution in [0, 0.1) is 0 Å². The number of benzene rings is 21. The van der Waals surface area contributed by atoms with Crippen molar-refractivity contribution in [2.24, 2.45) is 0 Å². The zero-order valence-corrected chi connectivity index (χ0v) is 74.2. The number of rotatable bonds is 15. The minimum atomic E-state index is 0. The van der Waals surface area contributed by atoms with E-state index in [2.05, 4.69) is 514 Å². The van der Waals surface area contributed by atoms with Crippen LogP contribution < -0.4 is 14.7 Å². The first kappa shape index (κ1) is 81.5. The number of nitrogens with zero attached hydrogens (tertiary/aromatic N) is 6. The summed E-state index contributed by atoms with van der Waals surface area (Å²) in [4.78, 5) is 7.28. The van der Waals surface area contributed by atoms with Crippen molar-refractivity contribution in [2.75, 3.05) is 14.7 Å². The molecular weight excluding hydrogens is 1670 g/mol. The van der Waals surface area contributed by atoms with Gasteiger partial charge in [0.1, 0.15) is 22.3 Å². The quantitative estimate of drug-likeness (QED) is 0.102. The highest BCUT2D eigenvalue weighted by Crippen LogP contribution is 2.55. The van der Waals surface area contributed by atoms with Crippen LogP contribution in [0.5, 0.6) is 0 Å². The van der Waals surface area contributed by atoms with Crippen molar-refractivity contribution in [1.82, 2.24) is 13.7 Å². The molecule has 0 atom stereocenters.